The van der Waals surface area contributed by atoms with E-state index in [2.05, 4.69) is 103 Å². The fraction of sp³-hybridized carbons (Fsp3) is 0.0345. The summed E-state index contributed by atoms with van der Waals surface area (Å²) in [4.78, 5) is 3.57. The molecule has 0 aliphatic heterocycles. The number of aromatic amines is 1. The minimum atomic E-state index is 0.921. The van der Waals surface area contributed by atoms with Crippen molar-refractivity contribution >= 4 is 71.4 Å². The summed E-state index contributed by atoms with van der Waals surface area (Å²) in [5.74, 6) is 0. The molecule has 0 saturated heterocycles. The lowest BCUT2D eigenvalue weighted by Crippen LogP contribution is -1.79. The van der Waals surface area contributed by atoms with Gasteiger partial charge in [0.1, 0.15) is 11.2 Å². The van der Waals surface area contributed by atoms with Gasteiger partial charge in [0, 0.05) is 38.5 Å². The van der Waals surface area contributed by atoms with Crippen molar-refractivity contribution in [1.29, 1.82) is 0 Å². The second kappa shape index (κ2) is 5.99. The van der Waals surface area contributed by atoms with Crippen molar-refractivity contribution in [3.63, 3.8) is 0 Å². The number of furan rings is 1. The summed E-state index contributed by atoms with van der Waals surface area (Å²) in [6.45, 7) is 2.05. The van der Waals surface area contributed by atoms with Crippen molar-refractivity contribution < 1.29 is 4.42 Å². The van der Waals surface area contributed by atoms with E-state index >= 15 is 0 Å². The van der Waals surface area contributed by atoms with E-state index in [0.29, 0.717) is 0 Å². The Kier molecular flexibility index (Phi) is 3.23. The van der Waals surface area contributed by atoms with Crippen molar-refractivity contribution in [1.82, 2.24) is 4.98 Å². The van der Waals surface area contributed by atoms with E-state index in [-0.39, 0.29) is 0 Å². The average Bonchev–Trinajstić information content (AvgIpc) is 3.36. The summed E-state index contributed by atoms with van der Waals surface area (Å²) in [6.07, 6.45) is 4.22. The van der Waals surface area contributed by atoms with Crippen molar-refractivity contribution in [3.05, 3.63) is 90.5 Å². The van der Waals surface area contributed by atoms with Gasteiger partial charge in [0.05, 0.1) is 5.52 Å². The summed E-state index contributed by atoms with van der Waals surface area (Å²) in [7, 11) is 0. The van der Waals surface area contributed by atoms with Gasteiger partial charge in [-0.25, -0.2) is 0 Å². The third-order valence-corrected chi connectivity index (χ3v) is 6.45. The number of fused-ring (bicyclic) bond motifs is 11. The Morgan fingerprint density at radius 2 is 1.35 bits per heavy atom. The zero-order valence-corrected chi connectivity index (χ0v) is 17.1. The Hall–Kier alpha value is -4.04. The molecular weight excluding hydrogens is 378 g/mol. The predicted octanol–water partition coefficient (Wildman–Crippen LogP) is 8.56. The van der Waals surface area contributed by atoms with Crippen molar-refractivity contribution in [2.24, 2.45) is 0 Å². The molecule has 146 valence electrons. The zero-order valence-electron chi connectivity index (χ0n) is 17.1. The molecule has 31 heavy (non-hydrogen) atoms. The number of H-pyrrole nitrogens is 1. The van der Waals surface area contributed by atoms with E-state index in [1.807, 2.05) is 0 Å². The standard InChI is InChI=1S/C29H19NO/c1-2-7-17-12-13-25-22(14-17)23-15-24-27(16-26(23)30-25)31-29-21-11-6-4-9-19(21)18-8-3-5-10-20(18)28(24)29/h2-16,30H,1H3/b7-2+. The number of hydrogen-bond acceptors (Lipinski definition) is 1. The maximum absolute atomic E-state index is 6.51. The monoisotopic (exact) mass is 397 g/mol. The minimum absolute atomic E-state index is 0.921. The van der Waals surface area contributed by atoms with Crippen LogP contribution < -0.4 is 0 Å². The van der Waals surface area contributed by atoms with Crippen LogP contribution in [0.4, 0.5) is 0 Å². The molecule has 0 amide bonds. The number of nitrogens with one attached hydrogen (secondary N) is 1. The molecule has 0 bridgehead atoms. The Labute approximate surface area is 178 Å². The molecule has 0 saturated carbocycles. The lowest BCUT2D eigenvalue weighted by Gasteiger charge is -2.05. The number of benzene rings is 5. The highest BCUT2D eigenvalue weighted by Crippen LogP contribution is 2.42. The molecule has 0 radical (unpaired) electrons. The summed E-state index contributed by atoms with van der Waals surface area (Å²) < 4.78 is 6.51. The molecule has 2 nitrogen and oxygen atoms in total. The third kappa shape index (κ3) is 2.22. The zero-order chi connectivity index (χ0) is 20.5. The normalized spacial score (nSPS) is 12.5. The minimum Gasteiger partial charge on any atom is -0.455 e. The van der Waals surface area contributed by atoms with Crippen LogP contribution in [0.5, 0.6) is 0 Å². The SMILES string of the molecule is C/C=C/c1ccc2[nH]c3cc4oc5c6ccccc6c6ccccc6c5c4cc3c2c1. The van der Waals surface area contributed by atoms with Gasteiger partial charge in [-0.2, -0.15) is 0 Å². The van der Waals surface area contributed by atoms with E-state index < -0.39 is 0 Å². The van der Waals surface area contributed by atoms with Crippen molar-refractivity contribution in [3.8, 4) is 0 Å². The van der Waals surface area contributed by atoms with E-state index in [4.69, 9.17) is 4.42 Å². The first-order valence-electron chi connectivity index (χ1n) is 10.7. The molecular formula is C29H19NO. The smallest absolute Gasteiger partial charge is 0.143 e. The third-order valence-electron chi connectivity index (χ3n) is 6.45. The molecule has 0 spiro atoms. The van der Waals surface area contributed by atoms with Crippen molar-refractivity contribution in [2.75, 3.05) is 0 Å². The fourth-order valence-corrected chi connectivity index (χ4v) is 5.11. The highest BCUT2D eigenvalue weighted by atomic mass is 16.3. The molecule has 7 rings (SSSR count). The molecule has 2 aromatic heterocycles. The van der Waals surface area contributed by atoms with Gasteiger partial charge in [-0.05, 0) is 46.8 Å². The van der Waals surface area contributed by atoms with Gasteiger partial charge in [-0.3, -0.25) is 0 Å². The Balaban J connectivity index is 1.71. The number of rotatable bonds is 1. The fourth-order valence-electron chi connectivity index (χ4n) is 5.11. The molecule has 0 aliphatic rings. The van der Waals surface area contributed by atoms with E-state index in [1.54, 1.807) is 0 Å². The molecule has 0 fully saturated rings. The maximum Gasteiger partial charge on any atom is 0.143 e. The molecule has 7 aromatic rings. The van der Waals surface area contributed by atoms with E-state index in [0.717, 1.165) is 27.6 Å². The van der Waals surface area contributed by atoms with Gasteiger partial charge >= 0.3 is 0 Å². The van der Waals surface area contributed by atoms with Crippen LogP contribution in [0.3, 0.4) is 0 Å². The van der Waals surface area contributed by atoms with E-state index in [1.165, 1.54) is 43.3 Å². The highest BCUT2D eigenvalue weighted by Gasteiger charge is 2.17. The second-order valence-electron chi connectivity index (χ2n) is 8.22. The van der Waals surface area contributed by atoms with Crippen LogP contribution >= 0.6 is 0 Å². The van der Waals surface area contributed by atoms with Crippen LogP contribution in [0, 0.1) is 0 Å². The Bertz CT molecular complexity index is 1850. The van der Waals surface area contributed by atoms with Crippen LogP contribution in [-0.2, 0) is 0 Å². The van der Waals surface area contributed by atoms with Crippen molar-refractivity contribution in [2.45, 2.75) is 6.92 Å². The Morgan fingerprint density at radius 3 is 2.16 bits per heavy atom. The van der Waals surface area contributed by atoms with Gasteiger partial charge in [0.25, 0.3) is 0 Å². The number of hydrogen-bond donors (Lipinski definition) is 1. The number of aromatic nitrogens is 1. The molecule has 0 aliphatic carbocycles. The largest absolute Gasteiger partial charge is 0.455 e. The molecule has 5 aromatic carbocycles. The summed E-state index contributed by atoms with van der Waals surface area (Å²) in [5, 5.41) is 9.74. The summed E-state index contributed by atoms with van der Waals surface area (Å²) >= 11 is 0. The second-order valence-corrected chi connectivity index (χ2v) is 8.22. The van der Waals surface area contributed by atoms with E-state index in [9.17, 15) is 0 Å². The molecule has 1 N–H and O–H groups in total. The molecule has 0 unspecified atom stereocenters. The lowest BCUT2D eigenvalue weighted by atomic mass is 9.96. The first-order valence-corrected chi connectivity index (χ1v) is 10.7. The quantitative estimate of drug-likeness (QED) is 0.276. The Morgan fingerprint density at radius 1 is 0.645 bits per heavy atom. The molecule has 0 atom stereocenters. The van der Waals surface area contributed by atoms with Gasteiger partial charge in [-0.15, -0.1) is 0 Å². The maximum atomic E-state index is 6.51. The van der Waals surface area contributed by atoms with Crippen LogP contribution in [0.2, 0.25) is 0 Å². The summed E-state index contributed by atoms with van der Waals surface area (Å²) in [5.41, 5.74) is 5.35. The van der Waals surface area contributed by atoms with Crippen LogP contribution in [0.15, 0.2) is 89.4 Å². The van der Waals surface area contributed by atoms with Gasteiger partial charge in [0.2, 0.25) is 0 Å². The first-order chi connectivity index (χ1) is 15.3. The first kappa shape index (κ1) is 16.7. The predicted molar refractivity (Wildman–Crippen MR) is 133 cm³/mol. The average molecular weight is 397 g/mol. The number of allylic oxidation sites excluding steroid dienone is 1. The highest BCUT2D eigenvalue weighted by molar-refractivity contribution is 6.31. The molecule has 2 heteroatoms. The van der Waals surface area contributed by atoms with Crippen LogP contribution in [-0.4, -0.2) is 4.98 Å². The van der Waals surface area contributed by atoms with Gasteiger partial charge < -0.3 is 9.40 Å². The van der Waals surface area contributed by atoms with Crippen LogP contribution in [0.1, 0.15) is 12.5 Å². The topological polar surface area (TPSA) is 28.9 Å². The lowest BCUT2D eigenvalue weighted by molar-refractivity contribution is 0.673. The molecule has 2 heterocycles. The van der Waals surface area contributed by atoms with Gasteiger partial charge in [0.15, 0.2) is 0 Å². The van der Waals surface area contributed by atoms with Gasteiger partial charge in [-0.1, -0.05) is 66.7 Å². The summed E-state index contributed by atoms with van der Waals surface area (Å²) in [6, 6.07) is 28.2. The van der Waals surface area contributed by atoms with Crippen LogP contribution in [0.25, 0.3) is 71.4 Å².